The molecule has 1 atom stereocenters. The maximum Gasteiger partial charge on any atom is 0.371 e. The standard InChI is InChI=1S/2C18H26O3/c1-4-6-7-15(5-2)14-21-18(19)13-10-16-8-11-17(20-3)12-9-16;1-4-6-7-8-13-16(17(21-3)18(19)20)15-12-10-9-11-14(15)5-2/h8-13,15H,4-7,14H2,1-3H3;9-12H,4-8,13H2,1-3H3,(H,19,20). The number of carbonyl (C=O) groups excluding carboxylic acids is 1. The summed E-state index contributed by atoms with van der Waals surface area (Å²) in [6.45, 7) is 9.09. The average Bonchev–Trinajstić information content (AvgIpc) is 3.02. The molecule has 42 heavy (non-hydrogen) atoms. The number of ether oxygens (including phenoxy) is 3. The number of esters is 1. The number of benzene rings is 2. The van der Waals surface area contributed by atoms with Crippen molar-refractivity contribution in [3.05, 3.63) is 77.1 Å². The number of rotatable bonds is 18. The molecule has 0 saturated heterocycles. The lowest BCUT2D eigenvalue weighted by Crippen LogP contribution is -2.12. The van der Waals surface area contributed by atoms with Crippen LogP contribution >= 0.6 is 0 Å². The van der Waals surface area contributed by atoms with Gasteiger partial charge in [-0.3, -0.25) is 0 Å². The predicted molar refractivity (Wildman–Crippen MR) is 172 cm³/mol. The second-order valence-corrected chi connectivity index (χ2v) is 10.3. The minimum absolute atomic E-state index is 0.0763. The van der Waals surface area contributed by atoms with Gasteiger partial charge in [0.15, 0.2) is 0 Å². The summed E-state index contributed by atoms with van der Waals surface area (Å²) >= 11 is 0. The third-order valence-corrected chi connectivity index (χ3v) is 7.21. The normalized spacial score (nSPS) is 12.1. The van der Waals surface area contributed by atoms with Crippen LogP contribution in [0.25, 0.3) is 11.6 Å². The second-order valence-electron chi connectivity index (χ2n) is 10.3. The van der Waals surface area contributed by atoms with Crippen LogP contribution in [-0.2, 0) is 25.5 Å². The fraction of sp³-hybridized carbons (Fsp3) is 0.500. The number of allylic oxidation sites excluding steroid dienone is 1. The topological polar surface area (TPSA) is 82.1 Å². The summed E-state index contributed by atoms with van der Waals surface area (Å²) in [7, 11) is 3.06. The maximum absolute atomic E-state index is 11.7. The molecular weight excluding hydrogens is 528 g/mol. The maximum atomic E-state index is 11.7. The average molecular weight is 581 g/mol. The Bertz CT molecular complexity index is 1100. The van der Waals surface area contributed by atoms with Gasteiger partial charge in [-0.05, 0) is 66.5 Å². The Morgan fingerprint density at radius 1 is 0.881 bits per heavy atom. The van der Waals surface area contributed by atoms with Gasteiger partial charge in [0.25, 0.3) is 0 Å². The van der Waals surface area contributed by atoms with Crippen LogP contribution in [0.5, 0.6) is 5.75 Å². The number of methoxy groups -OCH3 is 2. The van der Waals surface area contributed by atoms with Crippen molar-refractivity contribution in [1.82, 2.24) is 0 Å². The number of carbonyl (C=O) groups is 2. The van der Waals surface area contributed by atoms with Gasteiger partial charge in [0.2, 0.25) is 5.76 Å². The number of hydrogen-bond acceptors (Lipinski definition) is 5. The molecule has 1 unspecified atom stereocenters. The molecule has 1 N–H and O–H groups in total. The molecule has 2 aromatic carbocycles. The molecule has 2 rings (SSSR count). The summed E-state index contributed by atoms with van der Waals surface area (Å²) in [6.07, 6.45) is 13.9. The van der Waals surface area contributed by atoms with E-state index in [1.165, 1.54) is 44.4 Å². The minimum atomic E-state index is -0.992. The van der Waals surface area contributed by atoms with E-state index in [1.54, 1.807) is 13.2 Å². The molecule has 0 amide bonds. The molecule has 6 heteroatoms. The Morgan fingerprint density at radius 2 is 1.57 bits per heavy atom. The first-order valence-electron chi connectivity index (χ1n) is 15.4. The quantitative estimate of drug-likeness (QED) is 0.0819. The molecular formula is C36H52O6. The van der Waals surface area contributed by atoms with Crippen LogP contribution in [0.2, 0.25) is 0 Å². The van der Waals surface area contributed by atoms with Crippen LogP contribution in [0.4, 0.5) is 0 Å². The highest BCUT2D eigenvalue weighted by Crippen LogP contribution is 2.29. The Labute approximate surface area is 253 Å². The van der Waals surface area contributed by atoms with Crippen LogP contribution in [0, 0.1) is 5.92 Å². The van der Waals surface area contributed by atoms with Crippen molar-refractivity contribution in [2.24, 2.45) is 5.92 Å². The Kier molecular flexibility index (Phi) is 19.2. The zero-order chi connectivity index (χ0) is 31.2. The van der Waals surface area contributed by atoms with E-state index < -0.39 is 5.97 Å². The van der Waals surface area contributed by atoms with Crippen molar-refractivity contribution in [3.8, 4) is 5.75 Å². The summed E-state index contributed by atoms with van der Waals surface area (Å²) in [5.74, 6) is 0.0850. The van der Waals surface area contributed by atoms with Crippen molar-refractivity contribution in [1.29, 1.82) is 0 Å². The molecule has 0 fully saturated rings. The van der Waals surface area contributed by atoms with Gasteiger partial charge in [-0.25, -0.2) is 9.59 Å². The Balaban J connectivity index is 0.000000420. The van der Waals surface area contributed by atoms with Crippen LogP contribution in [-0.4, -0.2) is 37.9 Å². The lowest BCUT2D eigenvalue weighted by molar-refractivity contribution is -0.139. The van der Waals surface area contributed by atoms with Gasteiger partial charge in [-0.15, -0.1) is 0 Å². The Morgan fingerprint density at radius 3 is 2.14 bits per heavy atom. The van der Waals surface area contributed by atoms with E-state index in [-0.39, 0.29) is 11.7 Å². The van der Waals surface area contributed by atoms with Crippen molar-refractivity contribution >= 4 is 23.6 Å². The summed E-state index contributed by atoms with van der Waals surface area (Å²) in [5.41, 5.74) is 3.94. The largest absolute Gasteiger partial charge is 0.497 e. The monoisotopic (exact) mass is 580 g/mol. The third-order valence-electron chi connectivity index (χ3n) is 7.21. The van der Waals surface area contributed by atoms with Crippen molar-refractivity contribution < 1.29 is 28.9 Å². The molecule has 0 aliphatic heterocycles. The number of unbranched alkanes of at least 4 members (excludes halogenated alkanes) is 4. The zero-order valence-corrected chi connectivity index (χ0v) is 26.6. The highest BCUT2D eigenvalue weighted by molar-refractivity contribution is 5.94. The van der Waals surface area contributed by atoms with Gasteiger partial charge in [0.1, 0.15) is 5.75 Å². The number of aliphatic carboxylic acids is 1. The van der Waals surface area contributed by atoms with Crippen molar-refractivity contribution in [3.63, 3.8) is 0 Å². The van der Waals surface area contributed by atoms with E-state index >= 15 is 0 Å². The first-order valence-corrected chi connectivity index (χ1v) is 15.4. The SMILES string of the molecule is CCCCC(CC)COC(=O)C=Cc1ccc(OC)cc1.CCCCCCC(=C(OC)C(=O)O)c1ccccc1CC. The van der Waals surface area contributed by atoms with Crippen LogP contribution in [0.3, 0.4) is 0 Å². The van der Waals surface area contributed by atoms with E-state index in [9.17, 15) is 14.7 Å². The van der Waals surface area contributed by atoms with Crippen molar-refractivity contribution in [2.75, 3.05) is 20.8 Å². The van der Waals surface area contributed by atoms with Gasteiger partial charge in [0, 0.05) is 11.6 Å². The lowest BCUT2D eigenvalue weighted by Gasteiger charge is -2.15. The number of carboxylic acids is 1. The number of hydrogen-bond donors (Lipinski definition) is 1. The lowest BCUT2D eigenvalue weighted by atomic mass is 9.93. The summed E-state index contributed by atoms with van der Waals surface area (Å²) in [4.78, 5) is 23.2. The Hall–Kier alpha value is -3.54. The summed E-state index contributed by atoms with van der Waals surface area (Å²) < 4.78 is 15.6. The minimum Gasteiger partial charge on any atom is -0.497 e. The van der Waals surface area contributed by atoms with Gasteiger partial charge >= 0.3 is 11.9 Å². The highest BCUT2D eigenvalue weighted by atomic mass is 16.5. The van der Waals surface area contributed by atoms with Crippen LogP contribution in [0.1, 0.15) is 102 Å². The van der Waals surface area contributed by atoms with E-state index in [2.05, 4.69) is 33.8 Å². The van der Waals surface area contributed by atoms with Gasteiger partial charge in [0.05, 0.1) is 20.8 Å². The summed E-state index contributed by atoms with van der Waals surface area (Å²) in [6, 6.07) is 15.5. The molecule has 232 valence electrons. The molecule has 0 spiro atoms. The number of aryl methyl sites for hydroxylation is 1. The first kappa shape index (κ1) is 36.5. The number of carboxylic acid groups (broad SMARTS) is 1. The fourth-order valence-corrected chi connectivity index (χ4v) is 4.59. The predicted octanol–water partition coefficient (Wildman–Crippen LogP) is 9.13. The van der Waals surface area contributed by atoms with Gasteiger partial charge in [-0.1, -0.05) is 103 Å². The summed E-state index contributed by atoms with van der Waals surface area (Å²) in [5, 5.41) is 9.39. The molecule has 0 aromatic heterocycles. The second kappa shape index (κ2) is 22.1. The molecule has 0 aliphatic carbocycles. The smallest absolute Gasteiger partial charge is 0.371 e. The third kappa shape index (κ3) is 13.9. The molecule has 6 nitrogen and oxygen atoms in total. The van der Waals surface area contributed by atoms with Crippen LogP contribution in [0.15, 0.2) is 60.4 Å². The van der Waals surface area contributed by atoms with E-state index in [0.717, 1.165) is 61.0 Å². The van der Waals surface area contributed by atoms with E-state index in [4.69, 9.17) is 14.2 Å². The highest BCUT2D eigenvalue weighted by Gasteiger charge is 2.18. The zero-order valence-electron chi connectivity index (χ0n) is 26.6. The van der Waals surface area contributed by atoms with Gasteiger partial charge < -0.3 is 19.3 Å². The van der Waals surface area contributed by atoms with Gasteiger partial charge in [-0.2, -0.15) is 0 Å². The van der Waals surface area contributed by atoms with E-state index in [0.29, 0.717) is 12.5 Å². The first-order chi connectivity index (χ1) is 20.3. The van der Waals surface area contributed by atoms with E-state index in [1.807, 2.05) is 42.5 Å². The molecule has 0 bridgehead atoms. The molecule has 0 heterocycles. The molecule has 2 aromatic rings. The molecule has 0 aliphatic rings. The van der Waals surface area contributed by atoms with Crippen molar-refractivity contribution in [2.45, 2.75) is 91.9 Å². The molecule has 0 saturated carbocycles. The molecule has 0 radical (unpaired) electrons. The fourth-order valence-electron chi connectivity index (χ4n) is 4.59. The van der Waals surface area contributed by atoms with Crippen LogP contribution < -0.4 is 4.74 Å².